The highest BCUT2D eigenvalue weighted by molar-refractivity contribution is 8.15. The molecule has 1 aliphatic rings. The van der Waals surface area contributed by atoms with Crippen LogP contribution in [0.2, 0.25) is 0 Å². The fraction of sp³-hybridized carbons (Fsp3) is 0.259. The van der Waals surface area contributed by atoms with Gasteiger partial charge in [0.05, 0.1) is 13.2 Å². The Bertz CT molecular complexity index is 1190. The number of carbonyl (C=O) groups excluding carboxylic acids is 2. The number of carbonyl (C=O) groups is 2. The van der Waals surface area contributed by atoms with Gasteiger partial charge in [0, 0.05) is 6.42 Å². The normalized spacial score (nSPS) is 15.1. The van der Waals surface area contributed by atoms with Crippen LogP contribution in [0.4, 0.5) is 9.18 Å². The molecular formula is C27H26FNO5S. The van der Waals surface area contributed by atoms with Crippen molar-refractivity contribution in [1.29, 1.82) is 0 Å². The molecule has 8 heteroatoms. The number of hydrogen-bond donors (Lipinski definition) is 1. The second-order valence-corrected chi connectivity index (χ2v) is 9.03. The molecule has 4 rings (SSSR count). The quantitative estimate of drug-likeness (QED) is 0.309. The second kappa shape index (κ2) is 11.8. The Kier molecular flexibility index (Phi) is 8.26. The fourth-order valence-corrected chi connectivity index (χ4v) is 4.47. The van der Waals surface area contributed by atoms with E-state index in [4.69, 9.17) is 14.2 Å². The number of thioether (sulfide) groups is 1. The third-order valence-electron chi connectivity index (χ3n) is 5.28. The molecule has 1 atom stereocenters. The van der Waals surface area contributed by atoms with E-state index in [0.29, 0.717) is 18.6 Å². The Morgan fingerprint density at radius 3 is 2.34 bits per heavy atom. The highest BCUT2D eigenvalue weighted by Gasteiger charge is 2.33. The van der Waals surface area contributed by atoms with Crippen LogP contribution in [0.1, 0.15) is 36.1 Å². The van der Waals surface area contributed by atoms with Crippen LogP contribution in [0.15, 0.2) is 66.7 Å². The summed E-state index contributed by atoms with van der Waals surface area (Å²) < 4.78 is 31.9. The molecule has 3 aromatic rings. The van der Waals surface area contributed by atoms with Crippen molar-refractivity contribution in [2.24, 2.45) is 0 Å². The molecule has 1 aliphatic heterocycles. The van der Waals surface area contributed by atoms with Gasteiger partial charge in [-0.2, -0.15) is 0 Å². The predicted molar refractivity (Wildman–Crippen MR) is 133 cm³/mol. The van der Waals surface area contributed by atoms with Gasteiger partial charge in [-0.25, -0.2) is 4.39 Å². The van der Waals surface area contributed by atoms with Gasteiger partial charge in [-0.3, -0.25) is 14.9 Å². The van der Waals surface area contributed by atoms with E-state index in [9.17, 15) is 14.0 Å². The predicted octanol–water partition coefficient (Wildman–Crippen LogP) is 6.44. The van der Waals surface area contributed by atoms with Gasteiger partial charge >= 0.3 is 0 Å². The van der Waals surface area contributed by atoms with Crippen molar-refractivity contribution >= 4 is 22.9 Å². The van der Waals surface area contributed by atoms with Crippen LogP contribution in [0, 0.1) is 5.82 Å². The zero-order valence-corrected chi connectivity index (χ0v) is 20.1. The van der Waals surface area contributed by atoms with Gasteiger partial charge in [-0.05, 0) is 71.8 Å². The highest BCUT2D eigenvalue weighted by Crippen LogP contribution is 2.35. The summed E-state index contributed by atoms with van der Waals surface area (Å²) in [5.74, 6) is 1.41. The highest BCUT2D eigenvalue weighted by atomic mass is 32.2. The Hall–Kier alpha value is -3.52. The Labute approximate surface area is 207 Å². The van der Waals surface area contributed by atoms with Crippen LogP contribution in [-0.4, -0.2) is 24.4 Å². The zero-order chi connectivity index (χ0) is 24.6. The van der Waals surface area contributed by atoms with Crippen molar-refractivity contribution in [3.05, 3.63) is 83.7 Å². The summed E-state index contributed by atoms with van der Waals surface area (Å²) in [6.45, 7) is 2.79. The summed E-state index contributed by atoms with van der Waals surface area (Å²) in [4.78, 5) is 23.1. The molecular weight excluding hydrogens is 469 g/mol. The molecule has 1 heterocycles. The number of ether oxygens (including phenoxy) is 3. The lowest BCUT2D eigenvalue weighted by atomic mass is 10.1. The number of hydrogen-bond acceptors (Lipinski definition) is 6. The second-order valence-electron chi connectivity index (χ2n) is 7.95. The molecule has 1 fully saturated rings. The largest absolute Gasteiger partial charge is 0.493 e. The summed E-state index contributed by atoms with van der Waals surface area (Å²) in [5, 5.41) is 1.03. The lowest BCUT2D eigenvalue weighted by Crippen LogP contribution is -2.20. The van der Waals surface area contributed by atoms with Crippen LogP contribution >= 0.6 is 11.8 Å². The third kappa shape index (κ3) is 6.54. The molecule has 0 bridgehead atoms. The first-order valence-corrected chi connectivity index (χ1v) is 12.3. The van der Waals surface area contributed by atoms with Gasteiger partial charge in [0.15, 0.2) is 11.6 Å². The molecule has 0 aliphatic carbocycles. The smallest absolute Gasteiger partial charge is 0.286 e. The Balaban J connectivity index is 1.27. The van der Waals surface area contributed by atoms with E-state index >= 15 is 0 Å². The summed E-state index contributed by atoms with van der Waals surface area (Å²) in [6.07, 6.45) is 2.39. The summed E-state index contributed by atoms with van der Waals surface area (Å²) >= 11 is 0.838. The third-order valence-corrected chi connectivity index (χ3v) is 6.32. The summed E-state index contributed by atoms with van der Waals surface area (Å²) in [6, 6.07) is 19.7. The maximum Gasteiger partial charge on any atom is 0.286 e. The maximum absolute atomic E-state index is 14.4. The van der Waals surface area contributed by atoms with E-state index in [2.05, 4.69) is 12.2 Å². The number of nitrogens with one attached hydrogen (secondary N) is 1. The van der Waals surface area contributed by atoms with Crippen LogP contribution in [-0.2, 0) is 11.2 Å². The summed E-state index contributed by atoms with van der Waals surface area (Å²) in [7, 11) is 0. The first-order chi connectivity index (χ1) is 17.0. The number of para-hydroxylation sites is 1. The van der Waals surface area contributed by atoms with Crippen molar-refractivity contribution in [3.8, 4) is 23.0 Å². The van der Waals surface area contributed by atoms with Crippen molar-refractivity contribution in [2.45, 2.75) is 31.4 Å². The Morgan fingerprint density at radius 2 is 1.66 bits per heavy atom. The first-order valence-electron chi connectivity index (χ1n) is 11.5. The number of benzene rings is 3. The monoisotopic (exact) mass is 495 g/mol. The molecule has 1 unspecified atom stereocenters. The van der Waals surface area contributed by atoms with Gasteiger partial charge in [0.2, 0.25) is 5.91 Å². The molecule has 35 heavy (non-hydrogen) atoms. The van der Waals surface area contributed by atoms with Crippen LogP contribution in [0.3, 0.4) is 0 Å². The number of amides is 2. The van der Waals surface area contributed by atoms with Crippen LogP contribution in [0.5, 0.6) is 23.0 Å². The molecule has 6 nitrogen and oxygen atoms in total. The molecule has 2 amide bonds. The SMILES string of the molecule is CCCc1cc(Oc2ccccc2)ccc1OCCCOc1ccc(C2SC(=O)NC2=O)cc1F. The molecule has 0 saturated carbocycles. The zero-order valence-electron chi connectivity index (χ0n) is 19.3. The van der Waals surface area contributed by atoms with Gasteiger partial charge < -0.3 is 14.2 Å². The van der Waals surface area contributed by atoms with Crippen LogP contribution < -0.4 is 19.5 Å². The van der Waals surface area contributed by atoms with Gasteiger partial charge in [0.1, 0.15) is 22.5 Å². The topological polar surface area (TPSA) is 73.9 Å². The number of aryl methyl sites for hydroxylation is 1. The first kappa shape index (κ1) is 24.6. The lowest BCUT2D eigenvalue weighted by Gasteiger charge is -2.14. The molecule has 0 spiro atoms. The van der Waals surface area contributed by atoms with Crippen molar-refractivity contribution in [1.82, 2.24) is 5.32 Å². The molecule has 0 aromatic heterocycles. The molecule has 3 aromatic carbocycles. The van der Waals surface area contributed by atoms with E-state index in [0.717, 1.165) is 47.4 Å². The van der Waals surface area contributed by atoms with Crippen molar-refractivity contribution in [2.75, 3.05) is 13.2 Å². The minimum absolute atomic E-state index is 0.0950. The molecule has 1 N–H and O–H groups in total. The number of halogens is 1. The van der Waals surface area contributed by atoms with E-state index in [1.165, 1.54) is 12.1 Å². The average molecular weight is 496 g/mol. The van der Waals surface area contributed by atoms with E-state index < -0.39 is 22.2 Å². The van der Waals surface area contributed by atoms with Crippen LogP contribution in [0.25, 0.3) is 0 Å². The standard InChI is InChI=1S/C27H26FNO5S/c1-2-7-18-16-21(34-20-8-4-3-5-9-20)11-13-23(18)32-14-6-15-33-24-12-10-19(17-22(24)28)25-26(30)29-27(31)35-25/h3-5,8-13,16-17,25H,2,6-7,14-15H2,1H3,(H,29,30,31). The lowest BCUT2D eigenvalue weighted by molar-refractivity contribution is -0.119. The van der Waals surface area contributed by atoms with Gasteiger partial charge in [-0.1, -0.05) is 37.6 Å². The minimum Gasteiger partial charge on any atom is -0.493 e. The van der Waals surface area contributed by atoms with Gasteiger partial charge in [-0.15, -0.1) is 0 Å². The van der Waals surface area contributed by atoms with E-state index in [1.807, 2.05) is 48.5 Å². The maximum atomic E-state index is 14.4. The average Bonchev–Trinajstić information content (AvgIpc) is 3.19. The molecule has 182 valence electrons. The summed E-state index contributed by atoms with van der Waals surface area (Å²) in [5.41, 5.74) is 1.49. The molecule has 1 saturated heterocycles. The Morgan fingerprint density at radius 1 is 0.914 bits per heavy atom. The van der Waals surface area contributed by atoms with E-state index in [-0.39, 0.29) is 12.4 Å². The van der Waals surface area contributed by atoms with Crippen molar-refractivity contribution < 1.29 is 28.2 Å². The minimum atomic E-state index is -0.735. The van der Waals surface area contributed by atoms with Gasteiger partial charge in [0.25, 0.3) is 5.24 Å². The van der Waals surface area contributed by atoms with Crippen molar-refractivity contribution in [3.63, 3.8) is 0 Å². The van der Waals surface area contributed by atoms with E-state index in [1.54, 1.807) is 6.07 Å². The number of rotatable bonds is 11. The molecule has 0 radical (unpaired) electrons. The number of imide groups is 1. The fourth-order valence-electron chi connectivity index (χ4n) is 3.65.